The van der Waals surface area contributed by atoms with Crippen molar-refractivity contribution in [2.24, 2.45) is 0 Å². The van der Waals surface area contributed by atoms with Crippen LogP contribution in [-0.2, 0) is 11.3 Å². The highest BCUT2D eigenvalue weighted by Gasteiger charge is 2.31. The van der Waals surface area contributed by atoms with E-state index in [1.165, 1.54) is 12.8 Å². The van der Waals surface area contributed by atoms with Gasteiger partial charge in [0.25, 0.3) is 0 Å². The van der Waals surface area contributed by atoms with E-state index in [1.807, 2.05) is 36.3 Å². The molecule has 21 heavy (non-hydrogen) atoms. The zero-order chi connectivity index (χ0) is 15.2. The Labute approximate surface area is 126 Å². The lowest BCUT2D eigenvalue weighted by molar-refractivity contribution is -0.139. The smallest absolute Gasteiger partial charge is 0.317 e. The molecule has 1 saturated carbocycles. The minimum Gasteiger partial charge on any atom is -0.480 e. The van der Waals surface area contributed by atoms with E-state index < -0.39 is 5.97 Å². The number of likely N-dealkylation sites (N-methyl/N-ethyl adjacent to an activating group) is 2. The summed E-state index contributed by atoms with van der Waals surface area (Å²) in [7, 11) is 4.04. The second-order valence-corrected chi connectivity index (χ2v) is 5.96. The molecule has 1 N–H and O–H groups in total. The van der Waals surface area contributed by atoms with Crippen LogP contribution in [0.5, 0.6) is 0 Å². The number of pyridine rings is 1. The van der Waals surface area contributed by atoms with Crippen LogP contribution in [0.15, 0.2) is 24.4 Å². The zero-order valence-corrected chi connectivity index (χ0v) is 12.9. The Hall–Kier alpha value is -1.46. The number of hydrogen-bond donors (Lipinski definition) is 1. The van der Waals surface area contributed by atoms with E-state index in [4.69, 9.17) is 5.11 Å². The molecule has 0 amide bonds. The van der Waals surface area contributed by atoms with Crippen LogP contribution in [0.2, 0.25) is 0 Å². The second kappa shape index (κ2) is 7.52. The summed E-state index contributed by atoms with van der Waals surface area (Å²) < 4.78 is 0. The molecule has 0 saturated heterocycles. The fourth-order valence-electron chi connectivity index (χ4n) is 3.32. The molecule has 1 aromatic heterocycles. The molecule has 116 valence electrons. The van der Waals surface area contributed by atoms with Gasteiger partial charge in [-0.3, -0.25) is 19.6 Å². The summed E-state index contributed by atoms with van der Waals surface area (Å²) >= 11 is 0. The van der Waals surface area contributed by atoms with Crippen LogP contribution in [-0.4, -0.2) is 58.6 Å². The molecule has 0 aromatic carbocycles. The van der Waals surface area contributed by atoms with Gasteiger partial charge in [-0.25, -0.2) is 0 Å². The molecule has 0 spiro atoms. The Morgan fingerprint density at radius 3 is 2.48 bits per heavy atom. The van der Waals surface area contributed by atoms with Gasteiger partial charge in [0.15, 0.2) is 0 Å². The maximum atomic E-state index is 11.0. The van der Waals surface area contributed by atoms with Crippen molar-refractivity contribution in [3.63, 3.8) is 0 Å². The van der Waals surface area contributed by atoms with E-state index in [0.717, 1.165) is 25.1 Å². The third-order valence-corrected chi connectivity index (χ3v) is 4.35. The second-order valence-electron chi connectivity index (χ2n) is 5.96. The van der Waals surface area contributed by atoms with E-state index in [0.29, 0.717) is 12.1 Å². The number of carboxylic acid groups (broad SMARTS) is 1. The molecule has 0 bridgehead atoms. The van der Waals surface area contributed by atoms with Crippen molar-refractivity contribution < 1.29 is 9.90 Å². The summed E-state index contributed by atoms with van der Waals surface area (Å²) in [5.41, 5.74) is 1.06. The van der Waals surface area contributed by atoms with Gasteiger partial charge in [-0.1, -0.05) is 18.9 Å². The first-order valence-corrected chi connectivity index (χ1v) is 7.60. The third-order valence-electron chi connectivity index (χ3n) is 4.35. The van der Waals surface area contributed by atoms with Crippen LogP contribution in [0.25, 0.3) is 0 Å². The van der Waals surface area contributed by atoms with Gasteiger partial charge >= 0.3 is 5.97 Å². The summed E-state index contributed by atoms with van der Waals surface area (Å²) in [6.07, 6.45) is 6.41. The Morgan fingerprint density at radius 2 is 1.90 bits per heavy atom. The monoisotopic (exact) mass is 291 g/mol. The molecule has 2 atom stereocenters. The molecule has 2 rings (SSSR count). The lowest BCUT2D eigenvalue weighted by Gasteiger charge is -2.42. The zero-order valence-electron chi connectivity index (χ0n) is 12.9. The number of carboxylic acids is 1. The summed E-state index contributed by atoms with van der Waals surface area (Å²) in [6, 6.07) is 6.67. The number of aromatic nitrogens is 1. The van der Waals surface area contributed by atoms with Gasteiger partial charge in [-0.2, -0.15) is 0 Å². The highest BCUT2D eigenvalue weighted by molar-refractivity contribution is 5.69. The molecule has 2 unspecified atom stereocenters. The summed E-state index contributed by atoms with van der Waals surface area (Å²) in [5, 5.41) is 9.01. The van der Waals surface area contributed by atoms with Crippen LogP contribution in [0.3, 0.4) is 0 Å². The van der Waals surface area contributed by atoms with Gasteiger partial charge in [-0.15, -0.1) is 0 Å². The first kappa shape index (κ1) is 15.9. The van der Waals surface area contributed by atoms with Crippen molar-refractivity contribution in [2.45, 2.75) is 44.3 Å². The van der Waals surface area contributed by atoms with Gasteiger partial charge in [0.2, 0.25) is 0 Å². The molecular formula is C16H25N3O2. The highest BCUT2D eigenvalue weighted by atomic mass is 16.4. The number of nitrogens with zero attached hydrogens (tertiary/aromatic N) is 3. The van der Waals surface area contributed by atoms with E-state index in [9.17, 15) is 4.79 Å². The minimum absolute atomic E-state index is 0.110. The number of rotatable bonds is 6. The van der Waals surface area contributed by atoms with Gasteiger partial charge in [0.05, 0.1) is 12.2 Å². The fraction of sp³-hybridized carbons (Fsp3) is 0.625. The fourth-order valence-corrected chi connectivity index (χ4v) is 3.32. The normalized spacial score (nSPS) is 22.7. The molecule has 1 aliphatic carbocycles. The van der Waals surface area contributed by atoms with Crippen molar-refractivity contribution in [3.8, 4) is 0 Å². The minimum atomic E-state index is -0.755. The Balaban J connectivity index is 2.01. The van der Waals surface area contributed by atoms with Crippen LogP contribution in [0, 0.1) is 0 Å². The molecule has 1 heterocycles. The van der Waals surface area contributed by atoms with Crippen molar-refractivity contribution in [1.29, 1.82) is 0 Å². The van der Waals surface area contributed by atoms with Crippen molar-refractivity contribution in [1.82, 2.24) is 14.8 Å². The van der Waals surface area contributed by atoms with E-state index in [2.05, 4.69) is 16.9 Å². The predicted molar refractivity (Wildman–Crippen MR) is 82.0 cm³/mol. The first-order chi connectivity index (χ1) is 10.1. The molecular weight excluding hydrogens is 266 g/mol. The summed E-state index contributed by atoms with van der Waals surface area (Å²) in [6.45, 7) is 0.918. The average Bonchev–Trinajstić information content (AvgIpc) is 2.47. The average molecular weight is 291 g/mol. The van der Waals surface area contributed by atoms with Crippen LogP contribution >= 0.6 is 0 Å². The molecule has 1 aliphatic rings. The summed E-state index contributed by atoms with van der Waals surface area (Å²) in [4.78, 5) is 19.6. The number of hydrogen-bond acceptors (Lipinski definition) is 4. The molecule has 1 fully saturated rings. The van der Waals surface area contributed by atoms with Crippen LogP contribution < -0.4 is 0 Å². The predicted octanol–water partition coefficient (Wildman–Crippen LogP) is 1.84. The van der Waals surface area contributed by atoms with Crippen molar-refractivity contribution >= 4 is 5.97 Å². The molecule has 0 radical (unpaired) electrons. The van der Waals surface area contributed by atoms with Gasteiger partial charge in [-0.05, 0) is 39.1 Å². The largest absolute Gasteiger partial charge is 0.480 e. The van der Waals surface area contributed by atoms with Gasteiger partial charge in [0.1, 0.15) is 0 Å². The SMILES string of the molecule is CN(CC(=O)O)C1CCCCC1N(C)Cc1ccccn1. The molecule has 5 heteroatoms. The van der Waals surface area contributed by atoms with Gasteiger partial charge in [0, 0.05) is 24.8 Å². The molecule has 1 aromatic rings. The summed E-state index contributed by atoms with van der Waals surface area (Å²) in [5.74, 6) is -0.755. The maximum absolute atomic E-state index is 11.0. The standard InChI is InChI=1S/C16H25N3O2/c1-18(11-13-7-5-6-10-17-13)14-8-3-4-9-15(14)19(2)12-16(20)21/h5-7,10,14-15H,3-4,8-9,11-12H2,1-2H3,(H,20,21). The Bertz CT molecular complexity index is 452. The van der Waals surface area contributed by atoms with E-state index >= 15 is 0 Å². The topological polar surface area (TPSA) is 56.7 Å². The maximum Gasteiger partial charge on any atom is 0.317 e. The van der Waals surface area contributed by atoms with E-state index in [-0.39, 0.29) is 6.54 Å². The van der Waals surface area contributed by atoms with Crippen LogP contribution in [0.1, 0.15) is 31.4 Å². The molecule has 5 nitrogen and oxygen atoms in total. The lowest BCUT2D eigenvalue weighted by atomic mass is 9.88. The van der Waals surface area contributed by atoms with Crippen molar-refractivity contribution in [3.05, 3.63) is 30.1 Å². The highest BCUT2D eigenvalue weighted by Crippen LogP contribution is 2.26. The number of carbonyl (C=O) groups is 1. The first-order valence-electron chi connectivity index (χ1n) is 7.60. The Morgan fingerprint density at radius 1 is 1.24 bits per heavy atom. The Kier molecular flexibility index (Phi) is 5.70. The van der Waals surface area contributed by atoms with Crippen molar-refractivity contribution in [2.75, 3.05) is 20.6 Å². The van der Waals surface area contributed by atoms with Gasteiger partial charge < -0.3 is 5.11 Å². The van der Waals surface area contributed by atoms with Crippen LogP contribution in [0.4, 0.5) is 0 Å². The van der Waals surface area contributed by atoms with E-state index in [1.54, 1.807) is 0 Å². The lowest BCUT2D eigenvalue weighted by Crippen LogP contribution is -2.52. The molecule has 0 aliphatic heterocycles. The quantitative estimate of drug-likeness (QED) is 0.866. The number of aliphatic carboxylic acids is 1. The third kappa shape index (κ3) is 4.51.